The van der Waals surface area contributed by atoms with Crippen molar-refractivity contribution < 1.29 is 0 Å². The Morgan fingerprint density at radius 2 is 2.36 bits per heavy atom. The van der Waals surface area contributed by atoms with E-state index in [1.165, 1.54) is 0 Å². The first-order valence-electron chi connectivity index (χ1n) is 4.16. The molecule has 0 amide bonds. The normalized spacial score (nSPS) is 10.4. The summed E-state index contributed by atoms with van der Waals surface area (Å²) in [5.74, 6) is 0.783. The average molecular weight is 253 g/mol. The molecule has 14 heavy (non-hydrogen) atoms. The van der Waals surface area contributed by atoms with Gasteiger partial charge in [-0.2, -0.15) is 0 Å². The van der Waals surface area contributed by atoms with Gasteiger partial charge in [-0.25, -0.2) is 4.98 Å². The number of hydrogen-bond donors (Lipinski definition) is 2. The quantitative estimate of drug-likeness (QED) is 0.855. The van der Waals surface area contributed by atoms with Gasteiger partial charge in [0.05, 0.1) is 5.69 Å². The van der Waals surface area contributed by atoms with Crippen molar-refractivity contribution >= 4 is 15.9 Å². The molecule has 5 heteroatoms. The number of imidazole rings is 1. The van der Waals surface area contributed by atoms with Crippen molar-refractivity contribution in [3.8, 4) is 11.4 Å². The second-order valence-electron chi connectivity index (χ2n) is 2.80. The molecule has 0 bridgehead atoms. The summed E-state index contributed by atoms with van der Waals surface area (Å²) in [5.41, 5.74) is 7.37. The molecule has 0 aromatic carbocycles. The van der Waals surface area contributed by atoms with Crippen molar-refractivity contribution in [3.63, 3.8) is 0 Å². The predicted molar refractivity (Wildman–Crippen MR) is 57.4 cm³/mol. The molecule has 0 saturated carbocycles. The predicted octanol–water partition coefficient (Wildman–Crippen LogP) is 1.69. The van der Waals surface area contributed by atoms with Gasteiger partial charge in [0.1, 0.15) is 10.4 Å². The van der Waals surface area contributed by atoms with Crippen molar-refractivity contribution in [2.45, 2.75) is 6.54 Å². The van der Waals surface area contributed by atoms with E-state index in [-0.39, 0.29) is 0 Å². The number of aromatic nitrogens is 3. The maximum Gasteiger partial charge on any atom is 0.140 e. The van der Waals surface area contributed by atoms with Crippen LogP contribution in [0.1, 0.15) is 5.69 Å². The van der Waals surface area contributed by atoms with Crippen molar-refractivity contribution in [1.29, 1.82) is 0 Å². The number of nitrogens with zero attached hydrogens (tertiary/aromatic N) is 2. The van der Waals surface area contributed by atoms with Gasteiger partial charge in [0.2, 0.25) is 0 Å². The van der Waals surface area contributed by atoms with Crippen LogP contribution in [0.15, 0.2) is 29.1 Å². The molecule has 2 aromatic rings. The van der Waals surface area contributed by atoms with Gasteiger partial charge >= 0.3 is 0 Å². The van der Waals surface area contributed by atoms with Gasteiger partial charge in [0.25, 0.3) is 0 Å². The summed E-state index contributed by atoms with van der Waals surface area (Å²) >= 11 is 3.33. The van der Waals surface area contributed by atoms with Crippen LogP contribution >= 0.6 is 15.9 Å². The van der Waals surface area contributed by atoms with E-state index in [0.717, 1.165) is 21.7 Å². The number of hydrogen-bond acceptors (Lipinski definition) is 3. The highest BCUT2D eigenvalue weighted by Gasteiger charge is 2.07. The van der Waals surface area contributed by atoms with Crippen LogP contribution in [0, 0.1) is 0 Å². The third kappa shape index (κ3) is 1.69. The molecule has 3 N–H and O–H groups in total. The summed E-state index contributed by atoms with van der Waals surface area (Å²) in [6.07, 6.45) is 3.48. The summed E-state index contributed by atoms with van der Waals surface area (Å²) in [7, 11) is 0. The zero-order valence-corrected chi connectivity index (χ0v) is 8.95. The molecular weight excluding hydrogens is 244 g/mol. The molecule has 2 heterocycles. The van der Waals surface area contributed by atoms with Crippen LogP contribution in [0.4, 0.5) is 0 Å². The Morgan fingerprint density at radius 1 is 1.50 bits per heavy atom. The summed E-state index contributed by atoms with van der Waals surface area (Å²) in [5, 5.41) is 0. The Hall–Kier alpha value is -1.20. The lowest BCUT2D eigenvalue weighted by molar-refractivity contribution is 1.00. The van der Waals surface area contributed by atoms with E-state index in [2.05, 4.69) is 30.9 Å². The lowest BCUT2D eigenvalue weighted by atomic mass is 10.3. The Morgan fingerprint density at radius 3 is 2.93 bits per heavy atom. The molecule has 4 nitrogen and oxygen atoms in total. The molecule has 0 radical (unpaired) electrons. The Balaban J connectivity index is 2.43. The van der Waals surface area contributed by atoms with E-state index in [1.807, 2.05) is 12.1 Å². The third-order valence-corrected chi connectivity index (χ3v) is 2.52. The van der Waals surface area contributed by atoms with Crippen LogP contribution in [-0.4, -0.2) is 15.0 Å². The standard InChI is InChI=1S/C9H9BrN4/c10-8-7(4-11)13-9(14-8)6-2-1-3-12-5-6/h1-3,5H,4,11H2,(H,13,14). The summed E-state index contributed by atoms with van der Waals surface area (Å²) in [4.78, 5) is 11.4. The van der Waals surface area contributed by atoms with Gasteiger partial charge in [-0.05, 0) is 28.1 Å². The van der Waals surface area contributed by atoms with Crippen molar-refractivity contribution in [3.05, 3.63) is 34.8 Å². The highest BCUT2D eigenvalue weighted by molar-refractivity contribution is 9.10. The number of nitrogens with one attached hydrogen (secondary N) is 1. The van der Waals surface area contributed by atoms with Crippen LogP contribution < -0.4 is 5.73 Å². The summed E-state index contributed by atoms with van der Waals surface area (Å²) < 4.78 is 0.763. The van der Waals surface area contributed by atoms with Crippen molar-refractivity contribution in [2.75, 3.05) is 0 Å². The first-order valence-corrected chi connectivity index (χ1v) is 4.95. The summed E-state index contributed by atoms with van der Waals surface area (Å²) in [6.45, 7) is 0.438. The largest absolute Gasteiger partial charge is 0.340 e. The third-order valence-electron chi connectivity index (χ3n) is 1.87. The number of pyridine rings is 1. The van der Waals surface area contributed by atoms with Crippen LogP contribution in [0.3, 0.4) is 0 Å². The van der Waals surface area contributed by atoms with Gasteiger partial charge in [-0.15, -0.1) is 0 Å². The highest BCUT2D eigenvalue weighted by Crippen LogP contribution is 2.20. The number of halogens is 1. The maximum atomic E-state index is 5.53. The molecule has 0 aliphatic carbocycles. The SMILES string of the molecule is NCc1[nH]c(-c2cccnc2)nc1Br. The molecular formula is C9H9BrN4. The lowest BCUT2D eigenvalue weighted by Crippen LogP contribution is -1.96. The van der Waals surface area contributed by atoms with Crippen LogP contribution in [0.25, 0.3) is 11.4 Å². The van der Waals surface area contributed by atoms with E-state index in [9.17, 15) is 0 Å². The molecule has 2 aromatic heterocycles. The fourth-order valence-corrected chi connectivity index (χ4v) is 1.60. The Bertz CT molecular complexity index is 424. The molecule has 0 aliphatic rings. The molecule has 0 unspecified atom stereocenters. The van der Waals surface area contributed by atoms with Crippen LogP contribution in [0.2, 0.25) is 0 Å². The first kappa shape index (κ1) is 9.36. The van der Waals surface area contributed by atoms with Gasteiger partial charge in [-0.3, -0.25) is 4.98 Å². The average Bonchev–Trinajstić information content (AvgIpc) is 2.61. The number of H-pyrrole nitrogens is 1. The summed E-state index contributed by atoms with van der Waals surface area (Å²) in [6, 6.07) is 3.81. The van der Waals surface area contributed by atoms with Crippen LogP contribution in [-0.2, 0) is 6.54 Å². The molecule has 0 saturated heterocycles. The monoisotopic (exact) mass is 252 g/mol. The van der Waals surface area contributed by atoms with E-state index >= 15 is 0 Å². The molecule has 0 fully saturated rings. The van der Waals surface area contributed by atoms with E-state index in [0.29, 0.717) is 6.54 Å². The fraction of sp³-hybridized carbons (Fsp3) is 0.111. The van der Waals surface area contributed by atoms with E-state index in [1.54, 1.807) is 12.4 Å². The smallest absolute Gasteiger partial charge is 0.140 e. The van der Waals surface area contributed by atoms with Gasteiger partial charge in [0, 0.05) is 24.5 Å². The van der Waals surface area contributed by atoms with Gasteiger partial charge in [-0.1, -0.05) is 0 Å². The fourth-order valence-electron chi connectivity index (χ4n) is 1.16. The zero-order valence-electron chi connectivity index (χ0n) is 7.37. The molecule has 72 valence electrons. The molecule has 2 rings (SSSR count). The zero-order chi connectivity index (χ0) is 9.97. The Kier molecular flexibility index (Phi) is 2.60. The van der Waals surface area contributed by atoms with Crippen molar-refractivity contribution in [2.24, 2.45) is 5.73 Å². The second kappa shape index (κ2) is 3.89. The van der Waals surface area contributed by atoms with Crippen LogP contribution in [0.5, 0.6) is 0 Å². The maximum absolute atomic E-state index is 5.53. The highest BCUT2D eigenvalue weighted by atomic mass is 79.9. The lowest BCUT2D eigenvalue weighted by Gasteiger charge is -1.93. The second-order valence-corrected chi connectivity index (χ2v) is 3.55. The molecule has 0 spiro atoms. The number of rotatable bonds is 2. The minimum atomic E-state index is 0.438. The topological polar surface area (TPSA) is 67.6 Å². The van der Waals surface area contributed by atoms with E-state index in [4.69, 9.17) is 5.73 Å². The molecule has 0 aliphatic heterocycles. The number of aromatic amines is 1. The number of nitrogens with two attached hydrogens (primary N) is 1. The minimum Gasteiger partial charge on any atom is -0.340 e. The van der Waals surface area contributed by atoms with Gasteiger partial charge < -0.3 is 10.7 Å². The minimum absolute atomic E-state index is 0.438. The van der Waals surface area contributed by atoms with Gasteiger partial charge in [0.15, 0.2) is 0 Å². The molecule has 0 atom stereocenters. The Labute approximate surface area is 89.7 Å². The van der Waals surface area contributed by atoms with Crippen molar-refractivity contribution in [1.82, 2.24) is 15.0 Å². The van der Waals surface area contributed by atoms with E-state index < -0.39 is 0 Å². The first-order chi connectivity index (χ1) is 6.81.